The minimum absolute atomic E-state index is 0.0128. The highest BCUT2D eigenvalue weighted by Gasteiger charge is 2.34. The maximum Gasteiger partial charge on any atom is 0.325 e. The number of methoxy groups -OCH3 is 4. The molecule has 0 fully saturated rings. The molecule has 0 saturated carbocycles. The van der Waals surface area contributed by atoms with E-state index in [9.17, 15) is 4.79 Å². The van der Waals surface area contributed by atoms with Crippen LogP contribution in [0.2, 0.25) is 0 Å². The number of para-hydroxylation sites is 1. The molecule has 0 radical (unpaired) electrons. The predicted molar refractivity (Wildman–Crippen MR) is 130 cm³/mol. The van der Waals surface area contributed by atoms with Crippen LogP contribution < -0.4 is 14.2 Å². The fraction of sp³-hybridized carbons (Fsp3) is 0.259. The third-order valence-corrected chi connectivity index (χ3v) is 5.88. The van der Waals surface area contributed by atoms with E-state index in [0.29, 0.717) is 23.1 Å². The van der Waals surface area contributed by atoms with E-state index in [1.54, 1.807) is 21.3 Å². The van der Waals surface area contributed by atoms with E-state index in [0.717, 1.165) is 27.9 Å². The Balaban J connectivity index is 1.96. The topological polar surface area (TPSA) is 69.6 Å². The van der Waals surface area contributed by atoms with Crippen molar-refractivity contribution in [2.75, 3.05) is 35.0 Å². The van der Waals surface area contributed by atoms with E-state index < -0.39 is 0 Å². The molecule has 0 unspecified atom stereocenters. The summed E-state index contributed by atoms with van der Waals surface area (Å²) in [4.78, 5) is 19.5. The zero-order chi connectivity index (χ0) is 24.2. The summed E-state index contributed by atoms with van der Waals surface area (Å²) in [5, 5.41) is 0. The van der Waals surface area contributed by atoms with Gasteiger partial charge < -0.3 is 23.8 Å². The monoisotopic (exact) mass is 460 g/mol. The number of carbonyl (C=O) groups excluding carboxylic acids is 1. The number of esters is 1. The molecular weight excluding hydrogens is 432 g/mol. The second kappa shape index (κ2) is 9.87. The van der Waals surface area contributed by atoms with Gasteiger partial charge in [0.05, 0.1) is 40.2 Å². The normalized spacial score (nSPS) is 14.7. The molecule has 0 spiro atoms. The van der Waals surface area contributed by atoms with Crippen LogP contribution in [-0.4, -0.2) is 51.7 Å². The van der Waals surface area contributed by atoms with Gasteiger partial charge >= 0.3 is 5.97 Å². The number of hydrogen-bond acceptors (Lipinski definition) is 7. The largest absolute Gasteiger partial charge is 0.493 e. The summed E-state index contributed by atoms with van der Waals surface area (Å²) in [5.41, 5.74) is 4.77. The number of ether oxygens (including phenoxy) is 4. The van der Waals surface area contributed by atoms with Crippen molar-refractivity contribution >= 4 is 17.5 Å². The first kappa shape index (κ1) is 23.2. The van der Waals surface area contributed by atoms with Gasteiger partial charge in [-0.3, -0.25) is 4.79 Å². The average molecular weight is 461 g/mol. The fourth-order valence-electron chi connectivity index (χ4n) is 4.21. The van der Waals surface area contributed by atoms with E-state index in [-0.39, 0.29) is 18.6 Å². The lowest BCUT2D eigenvalue weighted by Crippen LogP contribution is -2.42. The van der Waals surface area contributed by atoms with Crippen LogP contribution in [0.15, 0.2) is 65.7 Å². The van der Waals surface area contributed by atoms with Gasteiger partial charge in [-0.15, -0.1) is 0 Å². The highest BCUT2D eigenvalue weighted by Crippen LogP contribution is 2.43. The standard InChI is InChI=1S/C27H28N2O5/c1-17-10-12-18(13-11-17)25-20-8-6-7-9-21(20)28-27(29(25)16-24(30)33-4)19-14-22(31-2)26(34-5)23(15-19)32-3/h6-15,25H,16H2,1-5H3/t25-/m1/s1. The van der Waals surface area contributed by atoms with Gasteiger partial charge in [-0.1, -0.05) is 48.0 Å². The molecule has 7 nitrogen and oxygen atoms in total. The molecule has 1 atom stereocenters. The zero-order valence-electron chi connectivity index (χ0n) is 20.0. The number of aliphatic imine (C=N–C) groups is 1. The number of benzene rings is 3. The van der Waals surface area contributed by atoms with Crippen LogP contribution >= 0.6 is 0 Å². The van der Waals surface area contributed by atoms with Crippen molar-refractivity contribution < 1.29 is 23.7 Å². The summed E-state index contributed by atoms with van der Waals surface area (Å²) >= 11 is 0. The highest BCUT2D eigenvalue weighted by molar-refractivity contribution is 6.04. The molecule has 3 aromatic rings. The lowest BCUT2D eigenvalue weighted by Gasteiger charge is -2.38. The molecule has 3 aromatic carbocycles. The van der Waals surface area contributed by atoms with Gasteiger partial charge in [-0.2, -0.15) is 0 Å². The third-order valence-electron chi connectivity index (χ3n) is 5.88. The van der Waals surface area contributed by atoms with Crippen LogP contribution in [0.25, 0.3) is 0 Å². The summed E-state index contributed by atoms with van der Waals surface area (Å²) in [7, 11) is 6.09. The number of nitrogens with zero attached hydrogens (tertiary/aromatic N) is 2. The molecule has 0 N–H and O–H groups in total. The number of rotatable bonds is 7. The molecule has 34 heavy (non-hydrogen) atoms. The van der Waals surface area contributed by atoms with Gasteiger partial charge in [-0.25, -0.2) is 4.99 Å². The molecule has 7 heteroatoms. The lowest BCUT2D eigenvalue weighted by molar-refractivity contribution is -0.141. The molecule has 176 valence electrons. The first-order valence-electron chi connectivity index (χ1n) is 10.9. The lowest BCUT2D eigenvalue weighted by atomic mass is 9.92. The van der Waals surface area contributed by atoms with E-state index >= 15 is 0 Å². The van der Waals surface area contributed by atoms with E-state index in [1.165, 1.54) is 7.11 Å². The minimum atomic E-state index is -0.364. The van der Waals surface area contributed by atoms with Gasteiger partial charge in [-0.05, 0) is 30.7 Å². The van der Waals surface area contributed by atoms with E-state index in [4.69, 9.17) is 23.9 Å². The number of hydrogen-bond donors (Lipinski definition) is 0. The predicted octanol–water partition coefficient (Wildman–Crippen LogP) is 4.68. The number of carbonyl (C=O) groups is 1. The first-order valence-corrected chi connectivity index (χ1v) is 10.9. The Kier molecular flexibility index (Phi) is 6.72. The smallest absolute Gasteiger partial charge is 0.325 e. The first-order chi connectivity index (χ1) is 16.5. The summed E-state index contributed by atoms with van der Waals surface area (Å²) in [5.74, 6) is 1.73. The van der Waals surface area contributed by atoms with Crippen molar-refractivity contribution in [3.05, 3.63) is 82.9 Å². The van der Waals surface area contributed by atoms with E-state index in [1.807, 2.05) is 48.2 Å². The van der Waals surface area contributed by atoms with Gasteiger partial charge in [0, 0.05) is 11.1 Å². The number of fused-ring (bicyclic) bond motifs is 1. The van der Waals surface area contributed by atoms with Crippen LogP contribution in [0.5, 0.6) is 17.2 Å². The summed E-state index contributed by atoms with van der Waals surface area (Å²) in [6.45, 7) is 2.06. The quantitative estimate of drug-likeness (QED) is 0.477. The second-order valence-corrected chi connectivity index (χ2v) is 7.93. The van der Waals surface area contributed by atoms with Gasteiger partial charge in [0.15, 0.2) is 11.5 Å². The Labute approximate surface area is 199 Å². The molecule has 0 saturated heterocycles. The van der Waals surface area contributed by atoms with Crippen LogP contribution in [0, 0.1) is 6.92 Å². The van der Waals surface area contributed by atoms with Crippen molar-refractivity contribution in [2.45, 2.75) is 13.0 Å². The van der Waals surface area contributed by atoms with Crippen molar-refractivity contribution in [2.24, 2.45) is 4.99 Å². The molecule has 4 rings (SSSR count). The highest BCUT2D eigenvalue weighted by atomic mass is 16.5. The number of amidine groups is 1. The van der Waals surface area contributed by atoms with Gasteiger partial charge in [0.25, 0.3) is 0 Å². The maximum absolute atomic E-state index is 12.6. The van der Waals surface area contributed by atoms with Crippen molar-refractivity contribution in [1.29, 1.82) is 0 Å². The van der Waals surface area contributed by atoms with E-state index in [2.05, 4.69) is 24.3 Å². The zero-order valence-corrected chi connectivity index (χ0v) is 20.0. The molecule has 0 aromatic heterocycles. The van der Waals surface area contributed by atoms with Crippen LogP contribution in [0.3, 0.4) is 0 Å². The Bertz CT molecular complexity index is 1190. The van der Waals surface area contributed by atoms with Crippen molar-refractivity contribution in [3.63, 3.8) is 0 Å². The van der Waals surface area contributed by atoms with Crippen molar-refractivity contribution in [3.8, 4) is 17.2 Å². The third kappa shape index (κ3) is 4.29. The summed E-state index contributed by atoms with van der Waals surface area (Å²) < 4.78 is 21.7. The molecule has 1 heterocycles. The average Bonchev–Trinajstić information content (AvgIpc) is 2.87. The van der Waals surface area contributed by atoms with Crippen LogP contribution in [0.1, 0.15) is 28.3 Å². The van der Waals surface area contributed by atoms with Gasteiger partial charge in [0.1, 0.15) is 12.4 Å². The van der Waals surface area contributed by atoms with Crippen LogP contribution in [0.4, 0.5) is 5.69 Å². The number of aryl methyl sites for hydroxylation is 1. The second-order valence-electron chi connectivity index (χ2n) is 7.93. The molecular formula is C27H28N2O5. The Morgan fingerprint density at radius 2 is 1.56 bits per heavy atom. The molecule has 1 aliphatic heterocycles. The minimum Gasteiger partial charge on any atom is -0.493 e. The van der Waals surface area contributed by atoms with Crippen LogP contribution in [-0.2, 0) is 9.53 Å². The maximum atomic E-state index is 12.6. The fourth-order valence-corrected chi connectivity index (χ4v) is 4.21. The molecule has 0 amide bonds. The Morgan fingerprint density at radius 3 is 2.15 bits per heavy atom. The summed E-state index contributed by atoms with van der Waals surface area (Å²) in [6.07, 6.45) is 0. The molecule has 0 aliphatic carbocycles. The molecule has 0 bridgehead atoms. The SMILES string of the molecule is COC(=O)CN1C(c2cc(OC)c(OC)c(OC)c2)=Nc2ccccc2[C@H]1c1ccc(C)cc1. The van der Waals surface area contributed by atoms with Crippen molar-refractivity contribution in [1.82, 2.24) is 4.90 Å². The van der Waals surface area contributed by atoms with Gasteiger partial charge in [0.2, 0.25) is 5.75 Å². The Hall–Kier alpha value is -4.00. The summed E-state index contributed by atoms with van der Waals surface area (Å²) in [6, 6.07) is 19.7. The Morgan fingerprint density at radius 1 is 0.912 bits per heavy atom. The molecule has 1 aliphatic rings.